The number of aliphatic hydroxyl groups excluding tert-OH is 1. The Hall–Kier alpha value is -0.850. The summed E-state index contributed by atoms with van der Waals surface area (Å²) in [7, 11) is 1.92. The van der Waals surface area contributed by atoms with E-state index in [4.69, 9.17) is 5.11 Å². The van der Waals surface area contributed by atoms with Gasteiger partial charge in [-0.2, -0.15) is 0 Å². The van der Waals surface area contributed by atoms with Crippen molar-refractivity contribution in [3.8, 4) is 0 Å². The number of nitrogens with zero attached hydrogens (tertiary/aromatic N) is 3. The lowest BCUT2D eigenvalue weighted by molar-refractivity contribution is 0.271. The van der Waals surface area contributed by atoms with Crippen LogP contribution in [0.2, 0.25) is 0 Å². The SMILES string of the molecule is Cn1c(CO)cnc1SCc1csc(C(C)(C)C)n1. The Kier molecular flexibility index (Phi) is 4.32. The second kappa shape index (κ2) is 5.64. The first-order valence-electron chi connectivity index (χ1n) is 6.11. The molecule has 4 nitrogen and oxygen atoms in total. The molecule has 19 heavy (non-hydrogen) atoms. The second-order valence-electron chi connectivity index (χ2n) is 5.43. The van der Waals surface area contributed by atoms with Gasteiger partial charge >= 0.3 is 0 Å². The normalized spacial score (nSPS) is 12.1. The molecule has 0 radical (unpaired) electrons. The van der Waals surface area contributed by atoms with Gasteiger partial charge in [0.15, 0.2) is 5.16 Å². The van der Waals surface area contributed by atoms with Crippen molar-refractivity contribution in [1.29, 1.82) is 0 Å². The summed E-state index contributed by atoms with van der Waals surface area (Å²) in [5.74, 6) is 0.808. The minimum Gasteiger partial charge on any atom is -0.390 e. The number of aromatic nitrogens is 3. The molecule has 2 aromatic rings. The largest absolute Gasteiger partial charge is 0.390 e. The molecule has 0 aromatic carbocycles. The van der Waals surface area contributed by atoms with E-state index in [1.807, 2.05) is 11.6 Å². The highest BCUT2D eigenvalue weighted by Gasteiger charge is 2.18. The highest BCUT2D eigenvalue weighted by Crippen LogP contribution is 2.28. The van der Waals surface area contributed by atoms with Gasteiger partial charge in [0, 0.05) is 23.6 Å². The van der Waals surface area contributed by atoms with Crippen LogP contribution >= 0.6 is 23.1 Å². The van der Waals surface area contributed by atoms with Crippen molar-refractivity contribution in [2.45, 2.75) is 43.7 Å². The number of hydrogen-bond acceptors (Lipinski definition) is 5. The standard InChI is InChI=1S/C13H19N3OS2/c1-13(2,3)11-15-9(7-18-11)8-19-12-14-5-10(6-17)16(12)4/h5,7,17H,6,8H2,1-4H3. The van der Waals surface area contributed by atoms with Gasteiger partial charge in [0.05, 0.1) is 29.2 Å². The molecular weight excluding hydrogens is 278 g/mol. The molecule has 6 heteroatoms. The molecule has 2 rings (SSSR count). The maximum Gasteiger partial charge on any atom is 0.168 e. The van der Waals surface area contributed by atoms with E-state index < -0.39 is 0 Å². The molecule has 0 saturated heterocycles. The molecule has 0 unspecified atom stereocenters. The molecular formula is C13H19N3OS2. The van der Waals surface area contributed by atoms with E-state index in [1.165, 1.54) is 5.01 Å². The Labute approximate surface area is 121 Å². The molecule has 104 valence electrons. The van der Waals surface area contributed by atoms with Crippen molar-refractivity contribution in [3.63, 3.8) is 0 Å². The van der Waals surface area contributed by atoms with Crippen LogP contribution in [-0.2, 0) is 24.8 Å². The minimum atomic E-state index is 0.0228. The fourth-order valence-electron chi connectivity index (χ4n) is 1.56. The molecule has 0 fully saturated rings. The molecule has 2 heterocycles. The second-order valence-corrected chi connectivity index (χ2v) is 7.23. The Balaban J connectivity index is 2.02. The number of rotatable bonds is 4. The Morgan fingerprint density at radius 1 is 1.42 bits per heavy atom. The zero-order valence-electron chi connectivity index (χ0n) is 11.7. The van der Waals surface area contributed by atoms with Crippen LogP contribution in [0.5, 0.6) is 0 Å². The van der Waals surface area contributed by atoms with Crippen LogP contribution in [0.3, 0.4) is 0 Å². The van der Waals surface area contributed by atoms with Crippen LogP contribution in [-0.4, -0.2) is 19.6 Å². The van der Waals surface area contributed by atoms with Gasteiger partial charge in [-0.25, -0.2) is 9.97 Å². The quantitative estimate of drug-likeness (QED) is 0.882. The summed E-state index contributed by atoms with van der Waals surface area (Å²) in [6, 6.07) is 0. The smallest absolute Gasteiger partial charge is 0.168 e. The first-order valence-corrected chi connectivity index (χ1v) is 7.97. The van der Waals surface area contributed by atoms with Gasteiger partial charge < -0.3 is 9.67 Å². The number of thioether (sulfide) groups is 1. The Morgan fingerprint density at radius 2 is 2.16 bits per heavy atom. The average Bonchev–Trinajstić information content (AvgIpc) is 2.93. The van der Waals surface area contributed by atoms with E-state index in [0.29, 0.717) is 0 Å². The van der Waals surface area contributed by atoms with Crippen molar-refractivity contribution >= 4 is 23.1 Å². The fourth-order valence-corrected chi connectivity index (χ4v) is 3.44. The molecule has 1 N–H and O–H groups in total. The highest BCUT2D eigenvalue weighted by atomic mass is 32.2. The number of imidazole rings is 1. The van der Waals surface area contributed by atoms with Gasteiger partial charge in [0.2, 0.25) is 0 Å². The third kappa shape index (κ3) is 3.38. The van der Waals surface area contributed by atoms with Crippen LogP contribution in [0, 0.1) is 0 Å². The van der Waals surface area contributed by atoms with E-state index in [1.54, 1.807) is 29.3 Å². The summed E-state index contributed by atoms with van der Waals surface area (Å²) in [5, 5.41) is 13.3. The number of hydrogen-bond donors (Lipinski definition) is 1. The Bertz CT molecular complexity index is 554. The van der Waals surface area contributed by atoms with Gasteiger partial charge in [-0.05, 0) is 0 Å². The highest BCUT2D eigenvalue weighted by molar-refractivity contribution is 7.98. The summed E-state index contributed by atoms with van der Waals surface area (Å²) in [5.41, 5.74) is 2.03. The van der Waals surface area contributed by atoms with Gasteiger partial charge in [-0.1, -0.05) is 32.5 Å². The third-order valence-electron chi connectivity index (χ3n) is 2.75. The lowest BCUT2D eigenvalue weighted by Gasteiger charge is -2.13. The van der Waals surface area contributed by atoms with Crippen LogP contribution in [0.1, 0.15) is 37.2 Å². The maximum atomic E-state index is 9.13. The van der Waals surface area contributed by atoms with Crippen molar-refractivity contribution in [1.82, 2.24) is 14.5 Å². The molecule has 0 spiro atoms. The van der Waals surface area contributed by atoms with Gasteiger partial charge in [0.1, 0.15) is 0 Å². The Morgan fingerprint density at radius 3 is 2.68 bits per heavy atom. The van der Waals surface area contributed by atoms with E-state index in [0.717, 1.165) is 22.3 Å². The van der Waals surface area contributed by atoms with Crippen molar-refractivity contribution in [3.05, 3.63) is 28.0 Å². The summed E-state index contributed by atoms with van der Waals surface area (Å²) in [6.45, 7) is 6.55. The monoisotopic (exact) mass is 297 g/mol. The summed E-state index contributed by atoms with van der Waals surface area (Å²) in [6.07, 6.45) is 1.71. The predicted octanol–water partition coefficient (Wildman–Crippen LogP) is 2.96. The first-order chi connectivity index (χ1) is 8.91. The average molecular weight is 297 g/mol. The van der Waals surface area contributed by atoms with Crippen LogP contribution in [0.25, 0.3) is 0 Å². The number of aliphatic hydroxyl groups is 1. The van der Waals surface area contributed by atoms with Crippen molar-refractivity contribution in [2.75, 3.05) is 0 Å². The fraction of sp³-hybridized carbons (Fsp3) is 0.538. The molecule has 0 aliphatic rings. The summed E-state index contributed by atoms with van der Waals surface area (Å²) < 4.78 is 1.92. The molecule has 0 bridgehead atoms. The van der Waals surface area contributed by atoms with E-state index in [9.17, 15) is 0 Å². The minimum absolute atomic E-state index is 0.0228. The topological polar surface area (TPSA) is 50.9 Å². The lowest BCUT2D eigenvalue weighted by Crippen LogP contribution is -2.10. The molecule has 0 aliphatic carbocycles. The molecule has 0 aliphatic heterocycles. The van der Waals surface area contributed by atoms with Gasteiger partial charge in [-0.15, -0.1) is 11.3 Å². The van der Waals surface area contributed by atoms with E-state index in [-0.39, 0.29) is 12.0 Å². The van der Waals surface area contributed by atoms with Crippen LogP contribution < -0.4 is 0 Å². The lowest BCUT2D eigenvalue weighted by atomic mass is 9.98. The molecule has 0 saturated carbocycles. The van der Waals surface area contributed by atoms with Crippen molar-refractivity contribution < 1.29 is 5.11 Å². The van der Waals surface area contributed by atoms with Crippen LogP contribution in [0.15, 0.2) is 16.7 Å². The van der Waals surface area contributed by atoms with Crippen LogP contribution in [0.4, 0.5) is 0 Å². The summed E-state index contributed by atoms with van der Waals surface area (Å²) in [4.78, 5) is 8.96. The molecule has 0 atom stereocenters. The third-order valence-corrected chi connectivity index (χ3v) is 5.14. The maximum absolute atomic E-state index is 9.13. The number of thiazole rings is 1. The van der Waals surface area contributed by atoms with E-state index in [2.05, 4.69) is 36.1 Å². The zero-order chi connectivity index (χ0) is 14.0. The zero-order valence-corrected chi connectivity index (χ0v) is 13.3. The predicted molar refractivity (Wildman–Crippen MR) is 79.5 cm³/mol. The first kappa shape index (κ1) is 14.6. The van der Waals surface area contributed by atoms with Gasteiger partial charge in [0.25, 0.3) is 0 Å². The van der Waals surface area contributed by atoms with Crippen molar-refractivity contribution in [2.24, 2.45) is 7.05 Å². The van der Waals surface area contributed by atoms with E-state index >= 15 is 0 Å². The molecule has 0 amide bonds. The van der Waals surface area contributed by atoms with Gasteiger partial charge in [-0.3, -0.25) is 0 Å². The summed E-state index contributed by atoms with van der Waals surface area (Å²) >= 11 is 3.36. The molecule has 2 aromatic heterocycles.